The van der Waals surface area contributed by atoms with Gasteiger partial charge >= 0.3 is 0 Å². The summed E-state index contributed by atoms with van der Waals surface area (Å²) in [6.07, 6.45) is 8.91. The molecular weight excluding hydrogens is 454 g/mol. The Morgan fingerprint density at radius 2 is 1.90 bits per heavy atom. The molecule has 1 aliphatic carbocycles. The number of fused-ring (bicyclic) bond motifs is 1. The molecule has 4 nitrogen and oxygen atoms in total. The number of hydrogen-bond acceptors (Lipinski definition) is 5. The second-order valence-corrected chi connectivity index (χ2v) is 9.22. The Labute approximate surface area is 198 Å². The predicted octanol–water partition coefficient (Wildman–Crippen LogP) is 6.11. The van der Waals surface area contributed by atoms with E-state index in [-0.39, 0.29) is 30.6 Å². The molecule has 2 fully saturated rings. The summed E-state index contributed by atoms with van der Waals surface area (Å²) in [5.74, 6) is 3.07. The zero-order valence-electron chi connectivity index (χ0n) is 17.1. The number of rotatable bonds is 5. The van der Waals surface area contributed by atoms with E-state index in [0.29, 0.717) is 0 Å². The van der Waals surface area contributed by atoms with Crippen molar-refractivity contribution in [2.75, 3.05) is 18.4 Å². The van der Waals surface area contributed by atoms with Crippen molar-refractivity contribution in [3.63, 3.8) is 0 Å². The van der Waals surface area contributed by atoms with Crippen LogP contribution in [0, 0.1) is 23.6 Å². The highest BCUT2D eigenvalue weighted by Crippen LogP contribution is 2.39. The Morgan fingerprint density at radius 3 is 2.74 bits per heavy atom. The van der Waals surface area contributed by atoms with Gasteiger partial charge in [-0.15, -0.1) is 24.8 Å². The van der Waals surface area contributed by atoms with Gasteiger partial charge in [-0.1, -0.05) is 29.9 Å². The minimum Gasteiger partial charge on any atom is -0.316 e. The number of nitrogens with zero attached hydrogens (tertiary/aromatic N) is 2. The summed E-state index contributed by atoms with van der Waals surface area (Å²) >= 11 is 1.55. The SMILES string of the molecule is Cl.Cl.Fc1ccc(-c2cnc(Nc3cc(C[C@H]4CCC[C@@H]5CNC[C@@H]54)ccn3)s2)cc1. The van der Waals surface area contributed by atoms with E-state index in [1.54, 1.807) is 23.5 Å². The maximum atomic E-state index is 13.1. The van der Waals surface area contributed by atoms with Gasteiger partial charge < -0.3 is 10.6 Å². The number of pyridine rings is 1. The topological polar surface area (TPSA) is 49.8 Å². The van der Waals surface area contributed by atoms with Crippen LogP contribution in [0.15, 0.2) is 48.8 Å². The minimum atomic E-state index is -0.227. The van der Waals surface area contributed by atoms with E-state index in [9.17, 15) is 4.39 Å². The molecule has 3 atom stereocenters. The van der Waals surface area contributed by atoms with Crippen LogP contribution in [0.5, 0.6) is 0 Å². The lowest BCUT2D eigenvalue weighted by atomic mass is 9.72. The molecule has 0 bridgehead atoms. The van der Waals surface area contributed by atoms with Gasteiger partial charge in [-0.3, -0.25) is 0 Å². The summed E-state index contributed by atoms with van der Waals surface area (Å²) in [5, 5.41) is 7.73. The second-order valence-electron chi connectivity index (χ2n) is 8.19. The van der Waals surface area contributed by atoms with Crippen molar-refractivity contribution in [3.8, 4) is 10.4 Å². The van der Waals surface area contributed by atoms with E-state index in [1.165, 1.54) is 50.0 Å². The van der Waals surface area contributed by atoms with Crippen LogP contribution in [0.25, 0.3) is 10.4 Å². The molecule has 1 saturated carbocycles. The van der Waals surface area contributed by atoms with Gasteiger partial charge in [0, 0.05) is 12.4 Å². The lowest BCUT2D eigenvalue weighted by molar-refractivity contribution is 0.198. The third-order valence-electron chi connectivity index (χ3n) is 6.34. The zero-order valence-corrected chi connectivity index (χ0v) is 19.5. The first kappa shape index (κ1) is 23.9. The Kier molecular flexibility index (Phi) is 8.28. The third kappa shape index (κ3) is 5.55. The van der Waals surface area contributed by atoms with Crippen LogP contribution in [-0.2, 0) is 6.42 Å². The summed E-state index contributed by atoms with van der Waals surface area (Å²) in [4.78, 5) is 9.95. The second kappa shape index (κ2) is 10.7. The largest absolute Gasteiger partial charge is 0.316 e. The summed E-state index contributed by atoms with van der Waals surface area (Å²) < 4.78 is 13.1. The molecule has 166 valence electrons. The smallest absolute Gasteiger partial charge is 0.188 e. The van der Waals surface area contributed by atoms with Gasteiger partial charge in [-0.2, -0.15) is 0 Å². The molecule has 8 heteroatoms. The maximum absolute atomic E-state index is 13.1. The number of nitrogens with one attached hydrogen (secondary N) is 2. The summed E-state index contributed by atoms with van der Waals surface area (Å²) in [6, 6.07) is 10.8. The molecule has 3 aromatic rings. The van der Waals surface area contributed by atoms with Crippen LogP contribution in [0.1, 0.15) is 24.8 Å². The van der Waals surface area contributed by atoms with E-state index in [2.05, 4.69) is 32.7 Å². The van der Waals surface area contributed by atoms with Crippen molar-refractivity contribution in [1.29, 1.82) is 0 Å². The van der Waals surface area contributed by atoms with Crippen molar-refractivity contribution in [1.82, 2.24) is 15.3 Å². The fraction of sp³-hybridized carbons (Fsp3) is 0.391. The van der Waals surface area contributed by atoms with Crippen molar-refractivity contribution in [2.24, 2.45) is 17.8 Å². The van der Waals surface area contributed by atoms with Crippen LogP contribution >= 0.6 is 36.2 Å². The van der Waals surface area contributed by atoms with Gasteiger partial charge in [0.05, 0.1) is 4.88 Å². The van der Waals surface area contributed by atoms with Gasteiger partial charge in [0.25, 0.3) is 0 Å². The highest BCUT2D eigenvalue weighted by Gasteiger charge is 2.36. The first-order chi connectivity index (χ1) is 14.2. The highest BCUT2D eigenvalue weighted by molar-refractivity contribution is 7.18. The van der Waals surface area contributed by atoms with Gasteiger partial charge in [-0.05, 0) is 85.5 Å². The number of aromatic nitrogens is 2. The minimum absolute atomic E-state index is 0. The van der Waals surface area contributed by atoms with E-state index in [1.807, 2.05) is 12.4 Å². The third-order valence-corrected chi connectivity index (χ3v) is 7.30. The molecular formula is C23H27Cl2FN4S. The van der Waals surface area contributed by atoms with Crippen LogP contribution < -0.4 is 10.6 Å². The molecule has 0 amide bonds. The lowest BCUT2D eigenvalue weighted by Crippen LogP contribution is -2.28. The maximum Gasteiger partial charge on any atom is 0.188 e. The molecule has 2 aliphatic rings. The average Bonchev–Trinajstić information content (AvgIpc) is 3.39. The molecule has 0 spiro atoms. The molecule has 1 aliphatic heterocycles. The van der Waals surface area contributed by atoms with E-state index in [4.69, 9.17) is 0 Å². The number of halogens is 3. The van der Waals surface area contributed by atoms with E-state index >= 15 is 0 Å². The van der Waals surface area contributed by atoms with E-state index in [0.717, 1.165) is 45.6 Å². The normalized spacial score (nSPS) is 22.2. The summed E-state index contributed by atoms with van der Waals surface area (Å²) in [6.45, 7) is 2.38. The van der Waals surface area contributed by atoms with Gasteiger partial charge in [0.15, 0.2) is 5.13 Å². The number of benzene rings is 1. The molecule has 31 heavy (non-hydrogen) atoms. The first-order valence-corrected chi connectivity index (χ1v) is 11.2. The fourth-order valence-corrected chi connectivity index (χ4v) is 5.72. The Balaban J connectivity index is 0.00000136. The van der Waals surface area contributed by atoms with Crippen molar-refractivity contribution in [3.05, 3.63) is 60.2 Å². The summed E-state index contributed by atoms with van der Waals surface area (Å²) in [7, 11) is 0. The molecule has 5 rings (SSSR count). The van der Waals surface area contributed by atoms with Crippen molar-refractivity contribution >= 4 is 47.1 Å². The molecule has 2 N–H and O–H groups in total. The summed E-state index contributed by atoms with van der Waals surface area (Å²) in [5.41, 5.74) is 2.31. The molecule has 1 saturated heterocycles. The highest BCUT2D eigenvalue weighted by atomic mass is 35.5. The van der Waals surface area contributed by atoms with Gasteiger partial charge in [-0.25, -0.2) is 14.4 Å². The number of thiazole rings is 1. The van der Waals surface area contributed by atoms with Crippen LogP contribution in [0.4, 0.5) is 15.3 Å². The van der Waals surface area contributed by atoms with Crippen LogP contribution in [-0.4, -0.2) is 23.1 Å². The molecule has 1 aromatic carbocycles. The Morgan fingerprint density at radius 1 is 1.06 bits per heavy atom. The van der Waals surface area contributed by atoms with E-state index < -0.39 is 0 Å². The van der Waals surface area contributed by atoms with Gasteiger partial charge in [0.2, 0.25) is 0 Å². The standard InChI is InChI=1S/C23H25FN4S.2ClH/c24-19-6-4-16(5-7-19)21-14-27-23(29-21)28-22-11-15(8-9-26-22)10-17-2-1-3-18-12-25-13-20(17)18;;/h4-9,11,14,17-18,20,25H,1-3,10,12-13H2,(H,26,27,28);2*1H/t17-,18-,20-;;/m1../s1. The monoisotopic (exact) mass is 480 g/mol. The lowest BCUT2D eigenvalue weighted by Gasteiger charge is -2.33. The molecule has 3 heterocycles. The Hall–Kier alpha value is -1.73. The van der Waals surface area contributed by atoms with Crippen molar-refractivity contribution < 1.29 is 4.39 Å². The molecule has 0 radical (unpaired) electrons. The van der Waals surface area contributed by atoms with Crippen LogP contribution in [0.2, 0.25) is 0 Å². The zero-order chi connectivity index (χ0) is 19.6. The van der Waals surface area contributed by atoms with Crippen molar-refractivity contribution in [2.45, 2.75) is 25.7 Å². The average molecular weight is 481 g/mol. The molecule has 2 aromatic heterocycles. The predicted molar refractivity (Wildman–Crippen MR) is 130 cm³/mol. The van der Waals surface area contributed by atoms with Gasteiger partial charge in [0.1, 0.15) is 11.6 Å². The first-order valence-electron chi connectivity index (χ1n) is 10.4. The quantitative estimate of drug-likeness (QED) is 0.462. The Bertz CT molecular complexity index is 982. The number of anilines is 2. The molecule has 0 unspecified atom stereocenters. The fourth-order valence-electron chi connectivity index (χ4n) is 4.89. The van der Waals surface area contributed by atoms with Crippen LogP contribution in [0.3, 0.4) is 0 Å². The number of hydrogen-bond donors (Lipinski definition) is 2.